The first-order valence-corrected chi connectivity index (χ1v) is 13.7. The highest BCUT2D eigenvalue weighted by molar-refractivity contribution is 7.10. The van der Waals surface area contributed by atoms with Crippen LogP contribution in [0.5, 0.6) is 11.6 Å². The van der Waals surface area contributed by atoms with E-state index in [0.29, 0.717) is 51.8 Å². The summed E-state index contributed by atoms with van der Waals surface area (Å²) in [7, 11) is 1.54. The molecule has 1 atom stereocenters. The Bertz CT molecular complexity index is 1300. The van der Waals surface area contributed by atoms with Gasteiger partial charge in [0.25, 0.3) is 11.8 Å². The molecule has 0 N–H and O–H groups in total. The normalized spacial score (nSPS) is 17.9. The van der Waals surface area contributed by atoms with Gasteiger partial charge in [-0.1, -0.05) is 40.0 Å². The molecule has 0 saturated carbocycles. The summed E-state index contributed by atoms with van der Waals surface area (Å²) in [5.74, 6) is 1.01. The van der Waals surface area contributed by atoms with Crippen molar-refractivity contribution < 1.29 is 19.1 Å². The topological polar surface area (TPSA) is 86.1 Å². The number of likely N-dealkylation sites (tertiary alicyclic amines) is 1. The molecule has 37 heavy (non-hydrogen) atoms. The van der Waals surface area contributed by atoms with Crippen LogP contribution in [0.2, 0.25) is 15.1 Å². The number of piperidine rings is 1. The second-order valence-electron chi connectivity index (χ2n) is 8.64. The van der Waals surface area contributed by atoms with Crippen LogP contribution in [0.25, 0.3) is 0 Å². The molecule has 1 amide bonds. The molecule has 1 aromatic carbocycles. The van der Waals surface area contributed by atoms with Crippen LogP contribution in [-0.2, 0) is 9.63 Å². The number of aromatic nitrogens is 2. The minimum atomic E-state index is -0.389. The molecular weight excluding hydrogens is 559 g/mol. The number of carbonyl (C=O) groups is 1. The number of methoxy groups -OCH3 is 1. The summed E-state index contributed by atoms with van der Waals surface area (Å²) in [6.45, 7) is 1.20. The van der Waals surface area contributed by atoms with Gasteiger partial charge in [-0.3, -0.25) is 4.79 Å². The van der Waals surface area contributed by atoms with Gasteiger partial charge < -0.3 is 19.2 Å². The largest absolute Gasteiger partial charge is 0.491 e. The zero-order valence-electron chi connectivity index (χ0n) is 19.8. The van der Waals surface area contributed by atoms with E-state index in [1.807, 2.05) is 10.3 Å². The molecule has 2 aromatic heterocycles. The predicted molar refractivity (Wildman–Crippen MR) is 143 cm³/mol. The van der Waals surface area contributed by atoms with Crippen LogP contribution in [0.1, 0.15) is 47.5 Å². The highest BCUT2D eigenvalue weighted by Gasteiger charge is 2.31. The summed E-state index contributed by atoms with van der Waals surface area (Å²) < 4.78 is 10.8. The van der Waals surface area contributed by atoms with E-state index in [-0.39, 0.29) is 24.5 Å². The second kappa shape index (κ2) is 11.4. The van der Waals surface area contributed by atoms with Crippen molar-refractivity contribution in [3.8, 4) is 11.6 Å². The number of thiazole rings is 1. The smallest absolute Gasteiger partial charge is 0.260 e. The number of halogens is 3. The van der Waals surface area contributed by atoms with Crippen molar-refractivity contribution in [3.63, 3.8) is 0 Å². The molecule has 4 heterocycles. The molecule has 2 aliphatic heterocycles. The van der Waals surface area contributed by atoms with Crippen molar-refractivity contribution in [2.24, 2.45) is 5.16 Å². The summed E-state index contributed by atoms with van der Waals surface area (Å²) in [5.41, 5.74) is 2.22. The van der Waals surface area contributed by atoms with Crippen molar-refractivity contribution in [1.82, 2.24) is 14.9 Å². The molecule has 0 radical (unpaired) electrons. The van der Waals surface area contributed by atoms with Gasteiger partial charge in [0.1, 0.15) is 5.71 Å². The van der Waals surface area contributed by atoms with Gasteiger partial charge in [-0.15, -0.1) is 11.3 Å². The Kier molecular flexibility index (Phi) is 8.04. The van der Waals surface area contributed by atoms with Gasteiger partial charge in [0, 0.05) is 47.6 Å². The Hall–Kier alpha value is -2.59. The highest BCUT2D eigenvalue weighted by atomic mass is 35.5. The van der Waals surface area contributed by atoms with Crippen LogP contribution in [-0.4, -0.2) is 53.3 Å². The molecule has 3 aromatic rings. The Balaban J connectivity index is 1.14. The van der Waals surface area contributed by atoms with Crippen LogP contribution in [0.15, 0.2) is 41.0 Å². The number of nitrogens with zero attached hydrogens (tertiary/aromatic N) is 4. The monoisotopic (exact) mass is 580 g/mol. The van der Waals surface area contributed by atoms with Gasteiger partial charge in [0.2, 0.25) is 0 Å². The lowest BCUT2D eigenvalue weighted by molar-refractivity contribution is -0.134. The number of oxime groups is 1. The van der Waals surface area contributed by atoms with Crippen LogP contribution in [0.4, 0.5) is 0 Å². The van der Waals surface area contributed by atoms with Crippen molar-refractivity contribution in [3.05, 3.63) is 67.2 Å². The number of rotatable bonds is 7. The van der Waals surface area contributed by atoms with Gasteiger partial charge >= 0.3 is 0 Å². The van der Waals surface area contributed by atoms with Gasteiger partial charge in [0.15, 0.2) is 18.5 Å². The van der Waals surface area contributed by atoms with E-state index in [4.69, 9.17) is 54.1 Å². The highest BCUT2D eigenvalue weighted by Crippen LogP contribution is 2.40. The fourth-order valence-corrected chi connectivity index (χ4v) is 6.45. The average molecular weight is 582 g/mol. The Morgan fingerprint density at radius 1 is 1.22 bits per heavy atom. The van der Waals surface area contributed by atoms with Crippen molar-refractivity contribution in [2.45, 2.75) is 31.3 Å². The lowest BCUT2D eigenvalue weighted by Gasteiger charge is -2.31. The van der Waals surface area contributed by atoms with E-state index in [1.165, 1.54) is 7.11 Å². The third-order valence-electron chi connectivity index (χ3n) is 6.34. The Morgan fingerprint density at radius 3 is 2.70 bits per heavy atom. The van der Waals surface area contributed by atoms with E-state index in [1.54, 1.807) is 41.8 Å². The Labute approximate surface area is 233 Å². The molecule has 1 fully saturated rings. The number of ether oxygens (including phenoxy) is 2. The standard InChI is InChI=1S/C25H23Cl3N4O4S/c1-34-20-3-2-6-29-24(20)35-12-22(33)32-7-4-14(5-8-32)25-30-19(13-37-25)18-11-21(36-31-18)23-16(27)9-15(26)10-17(23)28/h2-3,6,9-10,13-14,21H,4-5,7-8,11-12H2,1H3. The second-order valence-corrected chi connectivity index (χ2v) is 10.8. The maximum atomic E-state index is 12.7. The number of amides is 1. The van der Waals surface area contributed by atoms with E-state index in [2.05, 4.69) is 10.1 Å². The summed E-state index contributed by atoms with van der Waals surface area (Å²) in [6.07, 6.45) is 3.38. The molecule has 12 heteroatoms. The van der Waals surface area contributed by atoms with E-state index >= 15 is 0 Å². The number of pyridine rings is 1. The van der Waals surface area contributed by atoms with E-state index in [0.717, 1.165) is 29.3 Å². The number of carbonyl (C=O) groups excluding carboxylic acids is 1. The average Bonchev–Trinajstić information content (AvgIpc) is 3.57. The van der Waals surface area contributed by atoms with Crippen LogP contribution < -0.4 is 9.47 Å². The first kappa shape index (κ1) is 26.0. The van der Waals surface area contributed by atoms with Gasteiger partial charge in [0.05, 0.1) is 27.9 Å². The maximum Gasteiger partial charge on any atom is 0.260 e. The van der Waals surface area contributed by atoms with Crippen molar-refractivity contribution in [2.75, 3.05) is 26.8 Å². The van der Waals surface area contributed by atoms with Gasteiger partial charge in [-0.25, -0.2) is 9.97 Å². The number of hydrogen-bond donors (Lipinski definition) is 0. The van der Waals surface area contributed by atoms with Crippen molar-refractivity contribution >= 4 is 57.8 Å². The lowest BCUT2D eigenvalue weighted by Crippen LogP contribution is -2.40. The summed E-state index contributed by atoms with van der Waals surface area (Å²) in [5, 5.41) is 8.64. The third-order valence-corrected chi connectivity index (χ3v) is 8.19. The predicted octanol–water partition coefficient (Wildman–Crippen LogP) is 6.16. The quantitative estimate of drug-likeness (QED) is 0.332. The van der Waals surface area contributed by atoms with E-state index in [9.17, 15) is 4.79 Å². The fraction of sp³-hybridized carbons (Fsp3) is 0.360. The van der Waals surface area contributed by atoms with E-state index < -0.39 is 0 Å². The van der Waals surface area contributed by atoms with Crippen molar-refractivity contribution in [1.29, 1.82) is 0 Å². The van der Waals surface area contributed by atoms with Crippen LogP contribution >= 0.6 is 46.1 Å². The molecular formula is C25H23Cl3N4O4S. The first-order valence-electron chi connectivity index (χ1n) is 11.7. The van der Waals surface area contributed by atoms with Crippen LogP contribution in [0, 0.1) is 0 Å². The van der Waals surface area contributed by atoms with Crippen LogP contribution in [0.3, 0.4) is 0 Å². The molecule has 1 unspecified atom stereocenters. The minimum absolute atomic E-state index is 0.0750. The summed E-state index contributed by atoms with van der Waals surface area (Å²) in [6, 6.07) is 6.78. The summed E-state index contributed by atoms with van der Waals surface area (Å²) >= 11 is 20.3. The molecule has 2 aliphatic rings. The molecule has 0 aliphatic carbocycles. The SMILES string of the molecule is COc1cccnc1OCC(=O)N1CCC(c2nc(C3=NOC(c4c(Cl)cc(Cl)cc4Cl)C3)cs2)CC1. The molecule has 1 saturated heterocycles. The molecule has 8 nitrogen and oxygen atoms in total. The molecule has 0 bridgehead atoms. The fourth-order valence-electron chi connectivity index (χ4n) is 4.39. The number of benzene rings is 1. The molecule has 194 valence electrons. The third kappa shape index (κ3) is 5.80. The zero-order valence-corrected chi connectivity index (χ0v) is 22.9. The first-order chi connectivity index (χ1) is 17.9. The summed E-state index contributed by atoms with van der Waals surface area (Å²) in [4.78, 5) is 29.1. The van der Waals surface area contributed by atoms with Gasteiger partial charge in [-0.05, 0) is 37.1 Å². The molecule has 5 rings (SSSR count). The Morgan fingerprint density at radius 2 is 1.97 bits per heavy atom. The molecule has 0 spiro atoms. The maximum absolute atomic E-state index is 12.7. The lowest BCUT2D eigenvalue weighted by atomic mass is 9.97. The number of hydrogen-bond acceptors (Lipinski definition) is 8. The zero-order chi connectivity index (χ0) is 25.9. The van der Waals surface area contributed by atoms with Gasteiger partial charge in [-0.2, -0.15) is 0 Å². The minimum Gasteiger partial charge on any atom is -0.491 e.